The zero-order valence-electron chi connectivity index (χ0n) is 14.8. The molecule has 0 unspecified atom stereocenters. The van der Waals surface area contributed by atoms with E-state index in [4.69, 9.17) is 4.74 Å². The molecule has 0 aliphatic heterocycles. The molecule has 3 rings (SSSR count). The Balaban J connectivity index is 1.79. The Morgan fingerprint density at radius 1 is 1.19 bits per heavy atom. The summed E-state index contributed by atoms with van der Waals surface area (Å²) in [6, 6.07) is 12.6. The number of anilines is 1. The SMILES string of the molecule is COCCn1c(-c2ccc(F)cc2)cnc1NCc1ccc([N+](=O)[O-])cc1. The Morgan fingerprint density at radius 2 is 1.89 bits per heavy atom. The minimum atomic E-state index is -0.427. The number of aromatic nitrogens is 2. The van der Waals surface area contributed by atoms with E-state index in [0.29, 0.717) is 25.6 Å². The Kier molecular flexibility index (Phi) is 5.77. The maximum atomic E-state index is 13.2. The van der Waals surface area contributed by atoms with Crippen molar-refractivity contribution in [3.8, 4) is 11.3 Å². The number of imidazole rings is 1. The molecule has 0 saturated carbocycles. The number of nitrogens with zero attached hydrogens (tertiary/aromatic N) is 3. The zero-order valence-corrected chi connectivity index (χ0v) is 14.8. The third-order valence-electron chi connectivity index (χ3n) is 4.11. The molecule has 0 aliphatic rings. The lowest BCUT2D eigenvalue weighted by atomic mass is 10.1. The Hall–Kier alpha value is -3.26. The number of nitro benzene ring substituents is 1. The number of halogens is 1. The molecule has 1 aromatic heterocycles. The van der Waals surface area contributed by atoms with Gasteiger partial charge in [-0.1, -0.05) is 12.1 Å². The molecule has 8 heteroatoms. The largest absolute Gasteiger partial charge is 0.383 e. The summed E-state index contributed by atoms with van der Waals surface area (Å²) in [7, 11) is 1.62. The topological polar surface area (TPSA) is 82.2 Å². The molecule has 140 valence electrons. The van der Waals surface area contributed by atoms with Crippen molar-refractivity contribution in [2.45, 2.75) is 13.1 Å². The molecular weight excluding hydrogens is 351 g/mol. The van der Waals surface area contributed by atoms with Crippen LogP contribution in [0.2, 0.25) is 0 Å². The summed E-state index contributed by atoms with van der Waals surface area (Å²) >= 11 is 0. The van der Waals surface area contributed by atoms with Crippen LogP contribution in [-0.4, -0.2) is 28.2 Å². The summed E-state index contributed by atoms with van der Waals surface area (Å²) in [4.78, 5) is 14.7. The molecule has 1 N–H and O–H groups in total. The van der Waals surface area contributed by atoms with Gasteiger partial charge < -0.3 is 14.6 Å². The van der Waals surface area contributed by atoms with Crippen molar-refractivity contribution >= 4 is 11.6 Å². The molecule has 0 aliphatic carbocycles. The van der Waals surface area contributed by atoms with Crippen molar-refractivity contribution < 1.29 is 14.1 Å². The third-order valence-corrected chi connectivity index (χ3v) is 4.11. The van der Waals surface area contributed by atoms with Gasteiger partial charge >= 0.3 is 0 Å². The number of rotatable bonds is 8. The van der Waals surface area contributed by atoms with Crippen molar-refractivity contribution in [1.29, 1.82) is 0 Å². The number of ether oxygens (including phenoxy) is 1. The fourth-order valence-corrected chi connectivity index (χ4v) is 2.69. The fraction of sp³-hybridized carbons (Fsp3) is 0.211. The number of hydrogen-bond donors (Lipinski definition) is 1. The van der Waals surface area contributed by atoms with E-state index >= 15 is 0 Å². The van der Waals surface area contributed by atoms with Gasteiger partial charge in [0.05, 0.1) is 23.4 Å². The van der Waals surface area contributed by atoms with Gasteiger partial charge in [-0.2, -0.15) is 0 Å². The smallest absolute Gasteiger partial charge is 0.269 e. The average Bonchev–Trinajstić information content (AvgIpc) is 3.08. The molecule has 0 spiro atoms. The van der Waals surface area contributed by atoms with E-state index in [1.54, 1.807) is 37.6 Å². The van der Waals surface area contributed by atoms with Gasteiger partial charge in [-0.25, -0.2) is 9.37 Å². The number of nitro groups is 1. The van der Waals surface area contributed by atoms with Gasteiger partial charge in [0.15, 0.2) is 0 Å². The van der Waals surface area contributed by atoms with Crippen molar-refractivity contribution in [3.63, 3.8) is 0 Å². The highest BCUT2D eigenvalue weighted by atomic mass is 19.1. The second-order valence-corrected chi connectivity index (χ2v) is 5.90. The highest BCUT2D eigenvalue weighted by Gasteiger charge is 2.12. The third kappa shape index (κ3) is 4.48. The predicted octanol–water partition coefficient (Wildman–Crippen LogP) is 3.86. The minimum Gasteiger partial charge on any atom is -0.383 e. The monoisotopic (exact) mass is 370 g/mol. The summed E-state index contributed by atoms with van der Waals surface area (Å²) in [5.74, 6) is 0.350. The Morgan fingerprint density at radius 3 is 2.52 bits per heavy atom. The second kappa shape index (κ2) is 8.41. The van der Waals surface area contributed by atoms with E-state index in [9.17, 15) is 14.5 Å². The number of nitrogens with one attached hydrogen (secondary N) is 1. The average molecular weight is 370 g/mol. The highest BCUT2D eigenvalue weighted by molar-refractivity contribution is 5.61. The molecule has 27 heavy (non-hydrogen) atoms. The van der Waals surface area contributed by atoms with Crippen LogP contribution in [0.1, 0.15) is 5.56 Å². The van der Waals surface area contributed by atoms with Crippen LogP contribution >= 0.6 is 0 Å². The molecule has 0 amide bonds. The van der Waals surface area contributed by atoms with Crippen LogP contribution in [0.15, 0.2) is 54.7 Å². The Bertz CT molecular complexity index is 908. The summed E-state index contributed by atoms with van der Waals surface area (Å²) in [5.41, 5.74) is 2.64. The van der Waals surface area contributed by atoms with Crippen molar-refractivity contribution in [2.75, 3.05) is 19.0 Å². The van der Waals surface area contributed by atoms with Crippen LogP contribution < -0.4 is 5.32 Å². The van der Waals surface area contributed by atoms with Gasteiger partial charge in [-0.15, -0.1) is 0 Å². The van der Waals surface area contributed by atoms with Gasteiger partial charge in [-0.3, -0.25) is 10.1 Å². The van der Waals surface area contributed by atoms with E-state index in [2.05, 4.69) is 10.3 Å². The van der Waals surface area contributed by atoms with E-state index in [-0.39, 0.29) is 11.5 Å². The molecule has 1 heterocycles. The van der Waals surface area contributed by atoms with Crippen LogP contribution in [0.3, 0.4) is 0 Å². The Labute approximate surface area is 155 Å². The summed E-state index contributed by atoms with van der Waals surface area (Å²) < 4.78 is 20.3. The molecule has 3 aromatic rings. The highest BCUT2D eigenvalue weighted by Crippen LogP contribution is 2.24. The van der Waals surface area contributed by atoms with Crippen molar-refractivity contribution in [2.24, 2.45) is 0 Å². The summed E-state index contributed by atoms with van der Waals surface area (Å²) in [5, 5.41) is 14.0. The lowest BCUT2D eigenvalue weighted by Gasteiger charge is -2.13. The van der Waals surface area contributed by atoms with Gasteiger partial charge in [0.25, 0.3) is 5.69 Å². The lowest BCUT2D eigenvalue weighted by Crippen LogP contribution is -2.11. The van der Waals surface area contributed by atoms with E-state index in [1.165, 1.54) is 24.3 Å². The first-order chi connectivity index (χ1) is 13.1. The van der Waals surface area contributed by atoms with Gasteiger partial charge in [0, 0.05) is 37.9 Å². The first-order valence-corrected chi connectivity index (χ1v) is 8.36. The van der Waals surface area contributed by atoms with Crippen molar-refractivity contribution in [1.82, 2.24) is 9.55 Å². The van der Waals surface area contributed by atoms with Crippen LogP contribution in [0.5, 0.6) is 0 Å². The molecule has 0 saturated heterocycles. The van der Waals surface area contributed by atoms with E-state index in [0.717, 1.165) is 16.8 Å². The quantitative estimate of drug-likeness (QED) is 0.481. The number of methoxy groups -OCH3 is 1. The van der Waals surface area contributed by atoms with Gasteiger partial charge in [0.1, 0.15) is 5.82 Å². The minimum absolute atomic E-state index is 0.0546. The molecule has 0 bridgehead atoms. The van der Waals surface area contributed by atoms with E-state index < -0.39 is 4.92 Å². The molecular formula is C19H19FN4O3. The zero-order chi connectivity index (χ0) is 19.2. The van der Waals surface area contributed by atoms with Crippen LogP contribution in [0, 0.1) is 15.9 Å². The van der Waals surface area contributed by atoms with E-state index in [1.807, 2.05) is 4.57 Å². The first kappa shape index (κ1) is 18.5. The summed E-state index contributed by atoms with van der Waals surface area (Å²) in [6.45, 7) is 1.54. The molecule has 0 atom stereocenters. The number of non-ortho nitro benzene ring substituents is 1. The maximum absolute atomic E-state index is 13.2. The molecule has 0 fully saturated rings. The van der Waals surface area contributed by atoms with Crippen LogP contribution in [0.25, 0.3) is 11.3 Å². The van der Waals surface area contributed by atoms with Gasteiger partial charge in [-0.05, 0) is 29.8 Å². The van der Waals surface area contributed by atoms with Crippen molar-refractivity contribution in [3.05, 3.63) is 76.2 Å². The maximum Gasteiger partial charge on any atom is 0.269 e. The first-order valence-electron chi connectivity index (χ1n) is 8.36. The normalized spacial score (nSPS) is 10.7. The van der Waals surface area contributed by atoms with Gasteiger partial charge in [0.2, 0.25) is 5.95 Å². The number of hydrogen-bond acceptors (Lipinski definition) is 5. The van der Waals surface area contributed by atoms with Crippen LogP contribution in [-0.2, 0) is 17.8 Å². The van der Waals surface area contributed by atoms with Crippen LogP contribution in [0.4, 0.5) is 16.0 Å². The fourth-order valence-electron chi connectivity index (χ4n) is 2.69. The molecule has 7 nitrogen and oxygen atoms in total. The summed E-state index contributed by atoms with van der Waals surface area (Å²) in [6.07, 6.45) is 1.72. The standard InChI is InChI=1S/C19H19FN4O3/c1-27-11-10-23-18(15-4-6-16(20)7-5-15)13-22-19(23)21-12-14-2-8-17(9-3-14)24(25)26/h2-9,13H,10-12H2,1H3,(H,21,22). The molecule has 2 aromatic carbocycles. The second-order valence-electron chi connectivity index (χ2n) is 5.90. The number of benzene rings is 2. The molecule has 0 radical (unpaired) electrons. The predicted molar refractivity (Wildman–Crippen MR) is 99.9 cm³/mol. The lowest BCUT2D eigenvalue weighted by molar-refractivity contribution is -0.384.